The highest BCUT2D eigenvalue weighted by Gasteiger charge is 2.68. The van der Waals surface area contributed by atoms with E-state index in [4.69, 9.17) is 51.6 Å². The fourth-order valence-electron chi connectivity index (χ4n) is 7.97. The summed E-state index contributed by atoms with van der Waals surface area (Å²) in [5.74, 6) is -3.46. The molecule has 6 rings (SSSR count). The number of aliphatic hydroxyl groups is 7. The van der Waals surface area contributed by atoms with Crippen molar-refractivity contribution < 1.29 is 69.0 Å². The first-order valence-corrected chi connectivity index (χ1v) is 20.1. The summed E-state index contributed by atoms with van der Waals surface area (Å²) in [4.78, 5) is 13.3. The molecule has 0 amide bonds. The second kappa shape index (κ2) is 18.7. The fourth-order valence-corrected chi connectivity index (χ4v) is 8.34. The Morgan fingerprint density at radius 1 is 0.650 bits per heavy atom. The Morgan fingerprint density at radius 3 is 1.53 bits per heavy atom. The van der Waals surface area contributed by atoms with Crippen molar-refractivity contribution in [2.45, 2.75) is 92.7 Å². The van der Waals surface area contributed by atoms with Crippen molar-refractivity contribution in [3.8, 4) is 11.5 Å². The van der Waals surface area contributed by atoms with Gasteiger partial charge in [-0.15, -0.1) is 0 Å². The summed E-state index contributed by atoms with van der Waals surface area (Å²) in [6.07, 6.45) is -16.9. The summed E-state index contributed by atoms with van der Waals surface area (Å²) >= 11 is 13.2. The minimum Gasteiger partial charge on any atom is -0.494 e. The molecule has 2 saturated heterocycles. The van der Waals surface area contributed by atoms with Crippen molar-refractivity contribution in [3.63, 3.8) is 0 Å². The van der Waals surface area contributed by atoms with Gasteiger partial charge in [0.1, 0.15) is 60.3 Å². The minimum atomic E-state index is -2.95. The first-order valence-electron chi connectivity index (χ1n) is 19.4. The Hall–Kier alpha value is -3.71. The molecule has 16 heteroatoms. The number of methoxy groups -OCH3 is 2. The number of halogens is 2. The highest BCUT2D eigenvalue weighted by molar-refractivity contribution is 6.31. The molecule has 0 aromatic heterocycles. The highest BCUT2D eigenvalue weighted by Crippen LogP contribution is 2.48. The van der Waals surface area contributed by atoms with E-state index in [1.165, 1.54) is 30.3 Å². The van der Waals surface area contributed by atoms with E-state index in [0.29, 0.717) is 52.3 Å². The van der Waals surface area contributed by atoms with E-state index in [-0.39, 0.29) is 23.8 Å². The number of benzene rings is 4. The molecule has 4 aromatic carbocycles. The van der Waals surface area contributed by atoms with Crippen molar-refractivity contribution in [1.29, 1.82) is 0 Å². The van der Waals surface area contributed by atoms with Crippen LogP contribution in [0.2, 0.25) is 10.0 Å². The first-order chi connectivity index (χ1) is 28.6. The van der Waals surface area contributed by atoms with E-state index in [0.717, 1.165) is 25.3 Å². The molecule has 14 nitrogen and oxygen atoms in total. The van der Waals surface area contributed by atoms with Gasteiger partial charge < -0.3 is 64.2 Å². The smallest absolute Gasteiger partial charge is 0.225 e. The summed E-state index contributed by atoms with van der Waals surface area (Å²) in [6.45, 7) is 4.73. The summed E-state index contributed by atoms with van der Waals surface area (Å²) in [6, 6.07) is 23.5. The molecule has 2 aliphatic rings. The van der Waals surface area contributed by atoms with Crippen LogP contribution in [0.1, 0.15) is 47.2 Å². The molecule has 324 valence electrons. The van der Waals surface area contributed by atoms with Crippen LogP contribution in [0.15, 0.2) is 84.9 Å². The third-order valence-corrected chi connectivity index (χ3v) is 12.0. The van der Waals surface area contributed by atoms with Crippen LogP contribution < -0.4 is 9.47 Å². The van der Waals surface area contributed by atoms with Crippen LogP contribution in [0.25, 0.3) is 0 Å². The maximum Gasteiger partial charge on any atom is 0.225 e. The standard InChI is InChI=1S/C44H50Cl2O14/c1-5-57-30-13-7-24(8-14-30)19-26-21-28(11-17-32(26)45)43(55-3)39(52)35(49)34(48)37(59-43)41(54)42(23-47)38(51)36(50)40(53)44(56-4,60-42)29-12-18-33(46)27(22-29)20-25-9-15-31(16-10-25)58-6-2/h7-18,21-23,34-41,48-54H,5-6,19-20H2,1-4H3/t34-,35-,36-,37?,38-,39+,40+,41?,42?,43-,44-/m0/s1. The highest BCUT2D eigenvalue weighted by atomic mass is 35.5. The van der Waals surface area contributed by atoms with Crippen LogP contribution >= 0.6 is 23.2 Å². The lowest BCUT2D eigenvalue weighted by molar-refractivity contribution is -0.416. The number of hydrogen-bond acceptors (Lipinski definition) is 14. The Morgan fingerprint density at radius 2 is 1.10 bits per heavy atom. The molecule has 0 aliphatic carbocycles. The Kier molecular flexibility index (Phi) is 14.3. The van der Waals surface area contributed by atoms with Gasteiger partial charge in [0, 0.05) is 35.4 Å². The quantitative estimate of drug-likeness (QED) is 0.0856. The molecule has 0 spiro atoms. The van der Waals surface area contributed by atoms with Crippen LogP contribution in [-0.4, -0.2) is 124 Å². The number of hydrogen-bond donors (Lipinski definition) is 7. The zero-order valence-corrected chi connectivity index (χ0v) is 34.9. The van der Waals surface area contributed by atoms with Crippen LogP contribution in [-0.2, 0) is 48.2 Å². The lowest BCUT2D eigenvalue weighted by Gasteiger charge is -2.56. The largest absolute Gasteiger partial charge is 0.494 e. The number of ether oxygens (including phenoxy) is 6. The average Bonchev–Trinajstić information content (AvgIpc) is 3.26. The molecule has 60 heavy (non-hydrogen) atoms. The Balaban J connectivity index is 1.36. The molecular weight excluding hydrogens is 823 g/mol. The molecular formula is C44H50Cl2O14. The number of carbonyl (C=O) groups is 1. The summed E-state index contributed by atoms with van der Waals surface area (Å²) in [7, 11) is 2.27. The van der Waals surface area contributed by atoms with Gasteiger partial charge in [-0.1, -0.05) is 59.6 Å². The molecule has 7 N–H and O–H groups in total. The van der Waals surface area contributed by atoms with Gasteiger partial charge >= 0.3 is 0 Å². The molecule has 3 unspecified atom stereocenters. The molecule has 2 heterocycles. The molecule has 2 fully saturated rings. The van der Waals surface area contributed by atoms with Gasteiger partial charge in [-0.3, -0.25) is 4.79 Å². The van der Waals surface area contributed by atoms with Gasteiger partial charge in [-0.2, -0.15) is 0 Å². The van der Waals surface area contributed by atoms with E-state index in [2.05, 4.69) is 0 Å². The molecule has 0 saturated carbocycles. The SMILES string of the molecule is CCOc1ccc(Cc2cc([C@]3(OC)OC(C=O)(C(O)C4O[C@@](OC)(c5ccc(Cl)c(Cc6ccc(OCC)cc6)c5)[C@H](O)[C@@H](O)[C@@H]4O)[C@@H](O)[C@H](O)[C@H]3O)ccc2Cl)cc1. The van der Waals surface area contributed by atoms with Gasteiger partial charge in [-0.05, 0) is 97.5 Å². The van der Waals surface area contributed by atoms with Crippen molar-refractivity contribution in [1.82, 2.24) is 0 Å². The second-order valence-electron chi connectivity index (χ2n) is 14.8. The number of carbonyl (C=O) groups excluding carboxylic acids is 1. The lowest BCUT2D eigenvalue weighted by atomic mass is 9.75. The monoisotopic (exact) mass is 872 g/mol. The predicted octanol–water partition coefficient (Wildman–Crippen LogP) is 3.16. The van der Waals surface area contributed by atoms with Gasteiger partial charge in [-0.25, -0.2) is 0 Å². The van der Waals surface area contributed by atoms with Crippen LogP contribution in [0.4, 0.5) is 0 Å². The summed E-state index contributed by atoms with van der Waals surface area (Å²) in [5.41, 5.74) is -0.0843. The van der Waals surface area contributed by atoms with E-state index in [9.17, 15) is 40.5 Å². The molecule has 0 bridgehead atoms. The van der Waals surface area contributed by atoms with E-state index >= 15 is 0 Å². The van der Waals surface area contributed by atoms with E-state index in [1.807, 2.05) is 38.1 Å². The van der Waals surface area contributed by atoms with E-state index in [1.54, 1.807) is 30.3 Å². The van der Waals surface area contributed by atoms with Gasteiger partial charge in [0.2, 0.25) is 11.6 Å². The maximum absolute atomic E-state index is 13.3. The fraction of sp³-hybridized carbons (Fsp3) is 0.432. The maximum atomic E-state index is 13.3. The van der Waals surface area contributed by atoms with E-state index < -0.39 is 66.0 Å². The second-order valence-corrected chi connectivity index (χ2v) is 15.6. The van der Waals surface area contributed by atoms with Crippen LogP contribution in [0.3, 0.4) is 0 Å². The Bertz CT molecular complexity index is 2090. The third kappa shape index (κ3) is 8.30. The van der Waals surface area contributed by atoms with Crippen LogP contribution in [0.5, 0.6) is 11.5 Å². The lowest BCUT2D eigenvalue weighted by Crippen LogP contribution is -2.77. The van der Waals surface area contributed by atoms with Crippen molar-refractivity contribution >= 4 is 29.5 Å². The van der Waals surface area contributed by atoms with Gasteiger partial charge in [0.25, 0.3) is 0 Å². The molecule has 11 atom stereocenters. The number of rotatable bonds is 15. The topological polar surface area (TPSA) is 214 Å². The van der Waals surface area contributed by atoms with Gasteiger partial charge in [0.05, 0.1) is 13.2 Å². The average molecular weight is 874 g/mol. The molecule has 4 aromatic rings. The third-order valence-electron chi connectivity index (χ3n) is 11.3. The van der Waals surface area contributed by atoms with Crippen LogP contribution in [0, 0.1) is 0 Å². The summed E-state index contributed by atoms with van der Waals surface area (Å²) in [5, 5.41) is 81.6. The van der Waals surface area contributed by atoms with Crippen molar-refractivity contribution in [2.24, 2.45) is 0 Å². The zero-order chi connectivity index (χ0) is 43.6. The normalized spacial score (nSPS) is 31.1. The van der Waals surface area contributed by atoms with Gasteiger partial charge in [0.15, 0.2) is 11.9 Å². The molecule has 0 radical (unpaired) electrons. The molecule has 2 aliphatic heterocycles. The Labute approximate surface area is 357 Å². The van der Waals surface area contributed by atoms with Crippen molar-refractivity contribution in [2.75, 3.05) is 27.4 Å². The van der Waals surface area contributed by atoms with Crippen molar-refractivity contribution in [3.05, 3.63) is 128 Å². The first kappa shape index (κ1) is 45.8. The predicted molar refractivity (Wildman–Crippen MR) is 218 cm³/mol. The summed E-state index contributed by atoms with van der Waals surface area (Å²) < 4.78 is 35.0. The zero-order valence-electron chi connectivity index (χ0n) is 33.4. The number of aliphatic hydroxyl groups excluding tert-OH is 7. The minimum absolute atomic E-state index is 0.0127. The number of aldehydes is 1.